The molecule has 5 nitrogen and oxygen atoms in total. The number of carbonyl (C=O) groups is 1. The van der Waals surface area contributed by atoms with E-state index in [9.17, 15) is 22.0 Å². The zero-order chi connectivity index (χ0) is 19.9. The molecular formula is C20H20F2N2O3S. The lowest BCUT2D eigenvalue weighted by molar-refractivity contribution is -0.116. The van der Waals surface area contributed by atoms with Crippen molar-refractivity contribution in [3.05, 3.63) is 59.2 Å². The Kier molecular flexibility index (Phi) is 4.93. The minimum atomic E-state index is -4.02. The summed E-state index contributed by atoms with van der Waals surface area (Å²) in [5.41, 5.74) is 1.79. The van der Waals surface area contributed by atoms with E-state index in [0.29, 0.717) is 43.5 Å². The molecule has 8 heteroatoms. The first kappa shape index (κ1) is 19.0. The molecule has 1 amide bonds. The number of anilines is 1. The highest BCUT2D eigenvalue weighted by Crippen LogP contribution is 2.33. The van der Waals surface area contributed by atoms with E-state index in [2.05, 4.69) is 5.32 Å². The molecule has 1 unspecified atom stereocenters. The summed E-state index contributed by atoms with van der Waals surface area (Å²) < 4.78 is 55.5. The molecule has 28 heavy (non-hydrogen) atoms. The smallest absolute Gasteiger partial charge is 0.246 e. The van der Waals surface area contributed by atoms with Gasteiger partial charge in [-0.3, -0.25) is 4.79 Å². The van der Waals surface area contributed by atoms with Gasteiger partial charge >= 0.3 is 0 Å². The Morgan fingerprint density at radius 3 is 2.61 bits per heavy atom. The van der Waals surface area contributed by atoms with E-state index in [4.69, 9.17) is 0 Å². The molecular weight excluding hydrogens is 386 g/mol. The first-order chi connectivity index (χ1) is 13.3. The normalized spacial score (nSPS) is 20.1. The van der Waals surface area contributed by atoms with Crippen LogP contribution in [0.25, 0.3) is 0 Å². The Hall–Kier alpha value is -2.32. The highest BCUT2D eigenvalue weighted by atomic mass is 32.2. The molecule has 0 spiro atoms. The van der Waals surface area contributed by atoms with E-state index in [1.54, 1.807) is 12.1 Å². The molecule has 1 fully saturated rings. The molecule has 1 saturated heterocycles. The quantitative estimate of drug-likeness (QED) is 0.848. The number of benzene rings is 2. The third kappa shape index (κ3) is 3.54. The predicted molar refractivity (Wildman–Crippen MR) is 100 cm³/mol. The molecule has 2 aromatic carbocycles. The molecule has 4 rings (SSSR count). The van der Waals surface area contributed by atoms with Crippen molar-refractivity contribution in [3.63, 3.8) is 0 Å². The van der Waals surface area contributed by atoms with Gasteiger partial charge in [0, 0.05) is 24.7 Å². The van der Waals surface area contributed by atoms with E-state index >= 15 is 0 Å². The summed E-state index contributed by atoms with van der Waals surface area (Å²) in [4.78, 5) is 11.1. The van der Waals surface area contributed by atoms with Gasteiger partial charge in [-0.15, -0.1) is 0 Å². The van der Waals surface area contributed by atoms with E-state index in [-0.39, 0.29) is 29.1 Å². The van der Waals surface area contributed by atoms with Crippen molar-refractivity contribution < 1.29 is 22.0 Å². The fourth-order valence-corrected chi connectivity index (χ4v) is 5.72. The maximum atomic E-state index is 14.7. The average molecular weight is 406 g/mol. The summed E-state index contributed by atoms with van der Waals surface area (Å²) in [7, 11) is -4.02. The molecule has 0 saturated carbocycles. The number of fused-ring (bicyclic) bond motifs is 1. The van der Waals surface area contributed by atoms with E-state index in [1.807, 2.05) is 0 Å². The highest BCUT2D eigenvalue weighted by Gasteiger charge is 2.37. The number of carbonyl (C=O) groups excluding carboxylic acids is 1. The second-order valence-electron chi connectivity index (χ2n) is 7.23. The molecule has 0 radical (unpaired) electrons. The number of nitrogens with one attached hydrogen (secondary N) is 1. The van der Waals surface area contributed by atoms with Gasteiger partial charge in [0.25, 0.3) is 0 Å². The lowest BCUT2D eigenvalue weighted by atomic mass is 10.0. The zero-order valence-corrected chi connectivity index (χ0v) is 15.9. The lowest BCUT2D eigenvalue weighted by Crippen LogP contribution is -2.37. The van der Waals surface area contributed by atoms with Crippen LogP contribution in [0.15, 0.2) is 41.3 Å². The molecule has 2 aromatic rings. The number of hydrogen-bond donors (Lipinski definition) is 1. The van der Waals surface area contributed by atoms with Crippen LogP contribution >= 0.6 is 0 Å². The summed E-state index contributed by atoms with van der Waals surface area (Å²) >= 11 is 0. The Morgan fingerprint density at radius 2 is 1.86 bits per heavy atom. The molecule has 2 aliphatic heterocycles. The first-order valence-electron chi connectivity index (χ1n) is 9.23. The molecule has 2 heterocycles. The Bertz CT molecular complexity index is 1020. The van der Waals surface area contributed by atoms with Gasteiger partial charge in [0.1, 0.15) is 16.5 Å². The number of sulfonamides is 1. The summed E-state index contributed by atoms with van der Waals surface area (Å²) in [6.45, 7) is 0.321. The van der Waals surface area contributed by atoms with Crippen LogP contribution in [0.4, 0.5) is 14.5 Å². The molecule has 148 valence electrons. The van der Waals surface area contributed by atoms with E-state index in [0.717, 1.165) is 11.6 Å². The van der Waals surface area contributed by atoms with Gasteiger partial charge in [-0.25, -0.2) is 17.2 Å². The molecule has 2 aliphatic rings. The van der Waals surface area contributed by atoms with Crippen molar-refractivity contribution >= 4 is 21.6 Å². The number of aryl methyl sites for hydroxylation is 1. The Morgan fingerprint density at radius 1 is 1.11 bits per heavy atom. The predicted octanol–water partition coefficient (Wildman–Crippen LogP) is 3.25. The second-order valence-corrected chi connectivity index (χ2v) is 9.09. The zero-order valence-electron chi connectivity index (χ0n) is 15.1. The molecule has 1 atom stereocenters. The number of hydrogen-bond acceptors (Lipinski definition) is 3. The van der Waals surface area contributed by atoms with Gasteiger partial charge in [-0.1, -0.05) is 12.1 Å². The number of nitrogens with zero attached hydrogens (tertiary/aromatic N) is 1. The SMILES string of the molecule is O=C1CCc2cc(S(=O)(=O)N3CCCC3Cc3ccc(F)cc3)c(F)cc2N1. The molecule has 0 aliphatic carbocycles. The second kappa shape index (κ2) is 7.25. The largest absolute Gasteiger partial charge is 0.326 e. The van der Waals surface area contributed by atoms with Crippen molar-refractivity contribution in [2.24, 2.45) is 0 Å². The first-order valence-corrected chi connectivity index (χ1v) is 10.7. The van der Waals surface area contributed by atoms with Crippen LogP contribution in [0.2, 0.25) is 0 Å². The average Bonchev–Trinajstić information content (AvgIpc) is 3.12. The summed E-state index contributed by atoms with van der Waals surface area (Å²) in [6.07, 6.45) is 2.42. The van der Waals surface area contributed by atoms with Gasteiger partial charge in [0.05, 0.1) is 0 Å². The van der Waals surface area contributed by atoms with Crippen LogP contribution in [0.5, 0.6) is 0 Å². The molecule has 0 bridgehead atoms. The highest BCUT2D eigenvalue weighted by molar-refractivity contribution is 7.89. The Balaban J connectivity index is 1.63. The fraction of sp³-hybridized carbons (Fsp3) is 0.350. The van der Waals surface area contributed by atoms with Crippen LogP contribution in [0.1, 0.15) is 30.4 Å². The van der Waals surface area contributed by atoms with Gasteiger partial charge in [0.2, 0.25) is 15.9 Å². The molecule has 1 N–H and O–H groups in total. The number of halogens is 2. The summed E-state index contributed by atoms with van der Waals surface area (Å²) in [6, 6.07) is 8.10. The van der Waals surface area contributed by atoms with E-state index < -0.39 is 15.8 Å². The van der Waals surface area contributed by atoms with Crippen LogP contribution in [0.3, 0.4) is 0 Å². The van der Waals surface area contributed by atoms with Crippen molar-refractivity contribution in [1.82, 2.24) is 4.31 Å². The van der Waals surface area contributed by atoms with Crippen molar-refractivity contribution in [2.45, 2.75) is 43.0 Å². The van der Waals surface area contributed by atoms with Crippen molar-refractivity contribution in [1.29, 1.82) is 0 Å². The standard InChI is InChI=1S/C20H20F2N2O3S/c21-15-6-3-13(4-7-15)10-16-2-1-9-24(16)28(26,27)19-11-14-5-8-20(25)23-18(14)12-17(19)22/h3-4,6-7,11-12,16H,1-2,5,8-10H2,(H,23,25). The minimum Gasteiger partial charge on any atom is -0.326 e. The number of rotatable bonds is 4. The van der Waals surface area contributed by atoms with Gasteiger partial charge in [0.15, 0.2) is 0 Å². The van der Waals surface area contributed by atoms with Gasteiger partial charge in [-0.2, -0.15) is 4.31 Å². The van der Waals surface area contributed by atoms with Crippen molar-refractivity contribution in [3.8, 4) is 0 Å². The summed E-state index contributed by atoms with van der Waals surface area (Å²) in [5.74, 6) is -1.42. The van der Waals surface area contributed by atoms with Crippen LogP contribution in [-0.4, -0.2) is 31.2 Å². The van der Waals surface area contributed by atoms with Crippen LogP contribution in [0, 0.1) is 11.6 Å². The van der Waals surface area contributed by atoms with Crippen LogP contribution in [-0.2, 0) is 27.7 Å². The third-order valence-corrected chi connectivity index (χ3v) is 7.31. The van der Waals surface area contributed by atoms with Crippen molar-refractivity contribution in [2.75, 3.05) is 11.9 Å². The third-order valence-electron chi connectivity index (χ3n) is 5.35. The lowest BCUT2D eigenvalue weighted by Gasteiger charge is -2.25. The topological polar surface area (TPSA) is 66.5 Å². The maximum absolute atomic E-state index is 14.7. The number of amides is 1. The van der Waals surface area contributed by atoms with Gasteiger partial charge in [-0.05, 0) is 61.1 Å². The Labute approximate surface area is 162 Å². The monoisotopic (exact) mass is 406 g/mol. The van der Waals surface area contributed by atoms with Crippen LogP contribution < -0.4 is 5.32 Å². The fourth-order valence-electron chi connectivity index (χ4n) is 3.93. The van der Waals surface area contributed by atoms with Gasteiger partial charge < -0.3 is 5.32 Å². The minimum absolute atomic E-state index is 0.207. The summed E-state index contributed by atoms with van der Waals surface area (Å²) in [5, 5.41) is 2.58. The molecule has 0 aromatic heterocycles. The van der Waals surface area contributed by atoms with E-state index in [1.165, 1.54) is 22.5 Å². The maximum Gasteiger partial charge on any atom is 0.246 e.